The molecule has 0 rings (SSSR count). The molecular formula is C6H9N3Na2O4. The molecule has 4 N–H and O–H groups in total. The van der Waals surface area contributed by atoms with Crippen LogP contribution >= 0.6 is 0 Å². The Kier molecular flexibility index (Phi) is 12.6. The van der Waals surface area contributed by atoms with Gasteiger partial charge in [-0.3, -0.25) is 0 Å². The van der Waals surface area contributed by atoms with Gasteiger partial charge in [0.05, 0.1) is 12.0 Å². The van der Waals surface area contributed by atoms with E-state index in [0.29, 0.717) is 0 Å². The van der Waals surface area contributed by atoms with Crippen molar-refractivity contribution in [2.75, 3.05) is 0 Å². The van der Waals surface area contributed by atoms with Gasteiger partial charge >= 0.3 is 59.1 Å². The predicted molar refractivity (Wildman–Crippen MR) is 38.8 cm³/mol. The van der Waals surface area contributed by atoms with E-state index in [1.165, 1.54) is 0 Å². The van der Waals surface area contributed by atoms with Crippen molar-refractivity contribution in [1.29, 1.82) is 0 Å². The van der Waals surface area contributed by atoms with Crippen LogP contribution in [0.3, 0.4) is 0 Å². The van der Waals surface area contributed by atoms with Gasteiger partial charge in [-0.05, 0) is 12.8 Å². The van der Waals surface area contributed by atoms with E-state index in [-0.39, 0.29) is 65.5 Å². The van der Waals surface area contributed by atoms with Crippen LogP contribution in [-0.4, -0.2) is 23.9 Å². The quantitative estimate of drug-likeness (QED) is 0.274. The van der Waals surface area contributed by atoms with Gasteiger partial charge in [-0.1, -0.05) is 0 Å². The van der Waals surface area contributed by atoms with E-state index in [0.717, 1.165) is 0 Å². The Bertz CT molecular complexity index is 264. The van der Waals surface area contributed by atoms with E-state index < -0.39 is 30.4 Å². The smallest absolute Gasteiger partial charge is 0.550 e. The molecule has 0 aromatic rings. The van der Waals surface area contributed by atoms with Gasteiger partial charge in [-0.25, -0.2) is 4.99 Å². The molecule has 0 aliphatic carbocycles. The number of carbonyl (C=O) groups is 2. The van der Waals surface area contributed by atoms with Crippen molar-refractivity contribution in [3.8, 4) is 0 Å². The molecule has 0 saturated carbocycles. The average molecular weight is 234 g/mol. The van der Waals surface area contributed by atoms with Crippen LogP contribution in [0.5, 0.6) is 0 Å². The number of aliphatic imine (C=N–C) groups is 1. The predicted octanol–water partition coefficient (Wildman–Crippen LogP) is -10.1. The second-order valence-electron chi connectivity index (χ2n) is 2.26. The first kappa shape index (κ1) is 17.6. The molecule has 1 atom stereocenters. The Labute approximate surface area is 132 Å². The van der Waals surface area contributed by atoms with Crippen LogP contribution in [0.1, 0.15) is 12.8 Å². The minimum Gasteiger partial charge on any atom is -0.550 e. The second kappa shape index (κ2) is 10.7. The Morgan fingerprint density at radius 2 is 1.93 bits per heavy atom. The molecule has 74 valence electrons. The zero-order valence-electron chi connectivity index (χ0n) is 9.65. The van der Waals surface area contributed by atoms with Gasteiger partial charge in [0, 0.05) is 5.97 Å². The van der Waals surface area contributed by atoms with Crippen LogP contribution in [0.2, 0.25) is 1.41 Å². The van der Waals surface area contributed by atoms with Gasteiger partial charge in [0.1, 0.15) is 0 Å². The number of hydrogen-bond donors (Lipinski definition) is 2. The van der Waals surface area contributed by atoms with E-state index in [2.05, 4.69) is 4.99 Å². The minimum atomic E-state index is -1.55. The standard InChI is InChI=1S/C6H11N3O4.2Na/c7-6(8)9-3(5(12)13)1-2-4(10)11;;/h3H,1-2H2,(H,10,11)(H,12,13)(H4,7,8,9);;/q;2*+1/p-2/t3-;;/m0../s1/i/hD. The number of rotatable bonds is 5. The molecule has 0 unspecified atom stereocenters. The van der Waals surface area contributed by atoms with Crippen molar-refractivity contribution < 1.29 is 80.3 Å². The molecule has 0 saturated heterocycles. The first-order valence-electron chi connectivity index (χ1n) is 3.89. The van der Waals surface area contributed by atoms with E-state index in [1.807, 2.05) is 0 Å². The number of hydrogen-bond acceptors (Lipinski definition) is 5. The van der Waals surface area contributed by atoms with Gasteiger partial charge in [0.25, 0.3) is 0 Å². The summed E-state index contributed by atoms with van der Waals surface area (Å²) in [6.45, 7) is 0. The number of carbonyl (C=O) groups excluding carboxylic acids is 2. The fourth-order valence-corrected chi connectivity index (χ4v) is 0.658. The van der Waals surface area contributed by atoms with Gasteiger partial charge in [-0.15, -0.1) is 0 Å². The molecule has 0 fully saturated rings. The topological polar surface area (TPSA) is 145 Å². The summed E-state index contributed by atoms with van der Waals surface area (Å²) in [7, 11) is 0. The Morgan fingerprint density at radius 1 is 1.40 bits per heavy atom. The van der Waals surface area contributed by atoms with Crippen molar-refractivity contribution >= 4 is 17.9 Å². The summed E-state index contributed by atoms with van der Waals surface area (Å²) in [5, 5.41) is 20.4. The molecule has 0 aliphatic heterocycles. The summed E-state index contributed by atoms with van der Waals surface area (Å²) in [5.74, 6) is -3.36. The minimum absolute atomic E-state index is 0. The summed E-state index contributed by atoms with van der Waals surface area (Å²) >= 11 is 0. The molecule has 9 heteroatoms. The summed E-state index contributed by atoms with van der Waals surface area (Å²) in [6, 6.07) is -1.38. The van der Waals surface area contributed by atoms with Crippen molar-refractivity contribution in [2.24, 2.45) is 16.5 Å². The number of nitrogens with two attached hydrogens (primary N) is 2. The van der Waals surface area contributed by atoms with Gasteiger partial charge in [0.15, 0.2) is 7.37 Å². The fraction of sp³-hybridized carbons (Fsp3) is 0.500. The molecular weight excluding hydrogens is 224 g/mol. The van der Waals surface area contributed by atoms with Gasteiger partial charge < -0.3 is 31.3 Å². The number of aliphatic carboxylic acids is 2. The van der Waals surface area contributed by atoms with Crippen LogP contribution in [0.15, 0.2) is 4.99 Å². The van der Waals surface area contributed by atoms with E-state index in [9.17, 15) is 19.8 Å². The van der Waals surface area contributed by atoms with Gasteiger partial charge in [-0.2, -0.15) is 0 Å². The SMILES string of the molecule is [2H]NC(N)=N[C@@H](CCC(=O)[O-])C(=O)[O-].[Na+].[Na+]. The zero-order valence-corrected chi connectivity index (χ0v) is 12.6. The normalized spacial score (nSPS) is 12.5. The Balaban J connectivity index is -0.000000845. The fourth-order valence-electron chi connectivity index (χ4n) is 0.658. The third kappa shape index (κ3) is 12.1. The summed E-state index contributed by atoms with van der Waals surface area (Å²) in [6.07, 6.45) is -0.750. The maximum absolute atomic E-state index is 10.4. The summed E-state index contributed by atoms with van der Waals surface area (Å²) < 4.78 is 6.51. The third-order valence-corrected chi connectivity index (χ3v) is 1.19. The molecule has 0 bridgehead atoms. The Hall–Kier alpha value is 0.210. The summed E-state index contributed by atoms with van der Waals surface area (Å²) in [5.41, 5.74) is 6.68. The number of guanidine groups is 1. The molecule has 0 aromatic carbocycles. The first-order valence-corrected chi connectivity index (χ1v) is 3.39. The van der Waals surface area contributed by atoms with Crippen molar-refractivity contribution in [3.63, 3.8) is 0 Å². The van der Waals surface area contributed by atoms with Crippen LogP contribution in [0.25, 0.3) is 0 Å². The second-order valence-corrected chi connectivity index (χ2v) is 2.26. The number of carboxylic acids is 2. The van der Waals surface area contributed by atoms with Crippen molar-refractivity contribution in [3.05, 3.63) is 0 Å². The number of carboxylic acid groups (broad SMARTS) is 2. The largest absolute Gasteiger partial charge is 1.00 e. The molecule has 0 amide bonds. The monoisotopic (exact) mass is 234 g/mol. The van der Waals surface area contributed by atoms with E-state index in [4.69, 9.17) is 7.15 Å². The van der Waals surface area contributed by atoms with Crippen LogP contribution in [0.4, 0.5) is 0 Å². The number of nitrogens with zero attached hydrogens (tertiary/aromatic N) is 1. The maximum Gasteiger partial charge on any atom is 1.00 e. The zero-order chi connectivity index (χ0) is 11.1. The van der Waals surface area contributed by atoms with Crippen molar-refractivity contribution in [2.45, 2.75) is 18.9 Å². The molecule has 15 heavy (non-hydrogen) atoms. The van der Waals surface area contributed by atoms with Crippen LogP contribution < -0.4 is 80.8 Å². The summed E-state index contributed by atoms with van der Waals surface area (Å²) in [4.78, 5) is 23.7. The molecule has 0 aliphatic rings. The molecule has 0 aromatic heterocycles. The molecule has 0 radical (unpaired) electrons. The van der Waals surface area contributed by atoms with Crippen LogP contribution in [-0.2, 0) is 9.59 Å². The molecule has 0 spiro atoms. The van der Waals surface area contributed by atoms with E-state index in [1.54, 1.807) is 5.73 Å². The third-order valence-electron chi connectivity index (χ3n) is 1.19. The van der Waals surface area contributed by atoms with Crippen molar-refractivity contribution in [1.82, 2.24) is 0 Å². The van der Waals surface area contributed by atoms with Gasteiger partial charge in [0.2, 0.25) is 0 Å². The first-order chi connectivity index (χ1) is 6.47. The maximum atomic E-state index is 10.4. The average Bonchev–Trinajstić information content (AvgIpc) is 2.10. The molecule has 0 heterocycles. The van der Waals surface area contributed by atoms with Crippen LogP contribution in [0, 0.1) is 0 Å². The Morgan fingerprint density at radius 3 is 2.27 bits per heavy atom. The molecule has 7 nitrogen and oxygen atoms in total. The van der Waals surface area contributed by atoms with E-state index >= 15 is 0 Å².